The average molecular weight is 284 g/mol. The van der Waals surface area contributed by atoms with Crippen molar-refractivity contribution in [2.24, 2.45) is 0 Å². The van der Waals surface area contributed by atoms with Crippen molar-refractivity contribution in [3.63, 3.8) is 0 Å². The molecule has 110 valence electrons. The van der Waals surface area contributed by atoms with Crippen LogP contribution in [0.25, 0.3) is 11.1 Å². The lowest BCUT2D eigenvalue weighted by molar-refractivity contribution is 0.180. The van der Waals surface area contributed by atoms with Crippen LogP contribution in [0.2, 0.25) is 0 Å². The van der Waals surface area contributed by atoms with Crippen LogP contribution in [-0.4, -0.2) is 17.3 Å². The number of aliphatic hydroxyl groups excluding tert-OH is 1. The Balaban J connectivity index is 2.05. The van der Waals surface area contributed by atoms with E-state index in [0.29, 0.717) is 12.4 Å². The second kappa shape index (κ2) is 5.51. The molecule has 0 spiro atoms. The van der Waals surface area contributed by atoms with Crippen LogP contribution in [0, 0.1) is 6.92 Å². The van der Waals surface area contributed by atoms with Gasteiger partial charge in [-0.3, -0.25) is 0 Å². The van der Waals surface area contributed by atoms with E-state index in [-0.39, 0.29) is 6.10 Å². The number of aliphatic hydroxyl groups is 1. The molecule has 2 N–H and O–H groups in total. The molecule has 1 aliphatic rings. The van der Waals surface area contributed by atoms with Crippen LogP contribution >= 0.6 is 0 Å². The maximum Gasteiger partial charge on any atom is 0.124 e. The minimum atomic E-state index is -0.320. The lowest BCUT2D eigenvalue weighted by Gasteiger charge is -2.12. The first kappa shape index (κ1) is 14.1. The topological polar surface area (TPSA) is 49.7 Å². The molecule has 21 heavy (non-hydrogen) atoms. The number of ether oxygens (including phenoxy) is 1. The van der Waals surface area contributed by atoms with Crippen molar-refractivity contribution in [2.75, 3.05) is 7.11 Å². The minimum absolute atomic E-state index is 0.303. The first-order valence-electron chi connectivity index (χ1n) is 7.23. The van der Waals surface area contributed by atoms with Gasteiger partial charge in [0, 0.05) is 12.7 Å². The summed E-state index contributed by atoms with van der Waals surface area (Å²) in [5.74, 6) is 0.303. The lowest BCUT2D eigenvalue weighted by Crippen LogP contribution is -1.93. The fraction of sp³-hybridized carbons (Fsp3) is 0.333. The molecule has 3 heteroatoms. The highest BCUT2D eigenvalue weighted by Crippen LogP contribution is 2.36. The van der Waals surface area contributed by atoms with Crippen molar-refractivity contribution in [2.45, 2.75) is 32.5 Å². The van der Waals surface area contributed by atoms with Crippen molar-refractivity contribution in [3.05, 3.63) is 52.6 Å². The van der Waals surface area contributed by atoms with Crippen molar-refractivity contribution in [1.82, 2.24) is 0 Å². The van der Waals surface area contributed by atoms with Gasteiger partial charge in [0.2, 0.25) is 0 Å². The highest BCUT2D eigenvalue weighted by molar-refractivity contribution is 5.69. The van der Waals surface area contributed by atoms with Crippen LogP contribution in [0.15, 0.2) is 30.3 Å². The fourth-order valence-electron chi connectivity index (χ4n) is 3.06. The Bertz CT molecular complexity index is 676. The van der Waals surface area contributed by atoms with Crippen LogP contribution < -0.4 is 0 Å². The van der Waals surface area contributed by atoms with Crippen LogP contribution in [0.4, 0.5) is 0 Å². The standard InChI is InChI=1S/C18H20O3/c1-11-7-14(9-15(10-21-2)18(11)20)12-3-5-16-13(8-12)4-6-17(16)19/h3,5,7-9,17,19-20H,4,6,10H2,1-2H3/t17-/m0/s1. The van der Waals surface area contributed by atoms with Gasteiger partial charge in [0.05, 0.1) is 12.7 Å². The smallest absolute Gasteiger partial charge is 0.124 e. The van der Waals surface area contributed by atoms with E-state index in [2.05, 4.69) is 6.07 Å². The SMILES string of the molecule is COCc1cc(-c2ccc3c(c2)CC[C@@H]3O)cc(C)c1O. The second-order valence-corrected chi connectivity index (χ2v) is 5.70. The number of phenols is 1. The van der Waals surface area contributed by atoms with Gasteiger partial charge in [0.25, 0.3) is 0 Å². The van der Waals surface area contributed by atoms with Crippen LogP contribution in [0.3, 0.4) is 0 Å². The molecule has 0 heterocycles. The van der Waals surface area contributed by atoms with Gasteiger partial charge >= 0.3 is 0 Å². The summed E-state index contributed by atoms with van der Waals surface area (Å²) in [4.78, 5) is 0. The summed E-state index contributed by atoms with van der Waals surface area (Å²) in [6, 6.07) is 10.2. The first-order chi connectivity index (χ1) is 10.1. The minimum Gasteiger partial charge on any atom is -0.507 e. The van der Waals surface area contributed by atoms with E-state index in [1.54, 1.807) is 7.11 Å². The van der Waals surface area contributed by atoms with Gasteiger partial charge in [-0.1, -0.05) is 18.2 Å². The van der Waals surface area contributed by atoms with E-state index in [1.165, 1.54) is 5.56 Å². The number of fused-ring (bicyclic) bond motifs is 1. The molecule has 0 saturated heterocycles. The molecule has 2 aromatic rings. The van der Waals surface area contributed by atoms with Crippen LogP contribution in [-0.2, 0) is 17.8 Å². The number of methoxy groups -OCH3 is 1. The quantitative estimate of drug-likeness (QED) is 0.907. The molecule has 0 fully saturated rings. The molecule has 3 nitrogen and oxygen atoms in total. The molecule has 0 amide bonds. The van der Waals surface area contributed by atoms with Gasteiger partial charge in [0.1, 0.15) is 5.75 Å². The molecule has 3 rings (SSSR count). The van der Waals surface area contributed by atoms with E-state index in [0.717, 1.165) is 40.7 Å². The molecular formula is C18H20O3. The number of hydrogen-bond acceptors (Lipinski definition) is 3. The summed E-state index contributed by atoms with van der Waals surface area (Å²) >= 11 is 0. The van der Waals surface area contributed by atoms with Crippen LogP contribution in [0.1, 0.15) is 34.8 Å². The molecule has 0 bridgehead atoms. The monoisotopic (exact) mass is 284 g/mol. The number of rotatable bonds is 3. The summed E-state index contributed by atoms with van der Waals surface area (Å²) in [6.45, 7) is 2.29. The fourth-order valence-corrected chi connectivity index (χ4v) is 3.06. The maximum absolute atomic E-state index is 10.1. The van der Waals surface area contributed by atoms with E-state index >= 15 is 0 Å². The van der Waals surface area contributed by atoms with Gasteiger partial charge in [0.15, 0.2) is 0 Å². The summed E-state index contributed by atoms with van der Waals surface area (Å²) in [5.41, 5.74) is 6.10. The molecule has 0 unspecified atom stereocenters. The summed E-state index contributed by atoms with van der Waals surface area (Å²) in [7, 11) is 1.62. The van der Waals surface area contributed by atoms with Crippen molar-refractivity contribution >= 4 is 0 Å². The van der Waals surface area contributed by atoms with Gasteiger partial charge in [-0.05, 0) is 59.7 Å². The third kappa shape index (κ3) is 2.55. The maximum atomic E-state index is 10.1. The third-order valence-corrected chi connectivity index (χ3v) is 4.20. The molecular weight excluding hydrogens is 264 g/mol. The molecule has 0 aromatic heterocycles. The molecule has 1 atom stereocenters. The highest BCUT2D eigenvalue weighted by Gasteiger charge is 2.20. The summed E-state index contributed by atoms with van der Waals surface area (Å²) in [6.07, 6.45) is 1.41. The Kier molecular flexibility index (Phi) is 3.70. The first-order valence-corrected chi connectivity index (χ1v) is 7.23. The average Bonchev–Trinajstić information content (AvgIpc) is 2.85. The molecule has 0 radical (unpaired) electrons. The van der Waals surface area contributed by atoms with Crippen molar-refractivity contribution in [1.29, 1.82) is 0 Å². The third-order valence-electron chi connectivity index (χ3n) is 4.20. The van der Waals surface area contributed by atoms with Gasteiger partial charge in [-0.25, -0.2) is 0 Å². The highest BCUT2D eigenvalue weighted by atomic mass is 16.5. The number of benzene rings is 2. The number of hydrogen-bond donors (Lipinski definition) is 2. The van der Waals surface area contributed by atoms with Crippen molar-refractivity contribution < 1.29 is 14.9 Å². The predicted molar refractivity (Wildman–Crippen MR) is 82.3 cm³/mol. The molecule has 1 aliphatic carbocycles. The van der Waals surface area contributed by atoms with E-state index in [4.69, 9.17) is 4.74 Å². The van der Waals surface area contributed by atoms with E-state index in [9.17, 15) is 10.2 Å². The van der Waals surface area contributed by atoms with E-state index in [1.807, 2.05) is 31.2 Å². The Labute approximate surface area is 124 Å². The molecule has 2 aromatic carbocycles. The summed E-state index contributed by atoms with van der Waals surface area (Å²) in [5, 5.41) is 20.0. The summed E-state index contributed by atoms with van der Waals surface area (Å²) < 4.78 is 5.15. The Hall–Kier alpha value is -1.84. The number of aryl methyl sites for hydroxylation is 2. The Morgan fingerprint density at radius 1 is 1.19 bits per heavy atom. The van der Waals surface area contributed by atoms with Gasteiger partial charge < -0.3 is 14.9 Å². The zero-order valence-electron chi connectivity index (χ0n) is 12.4. The zero-order valence-corrected chi connectivity index (χ0v) is 12.4. The van der Waals surface area contributed by atoms with Crippen molar-refractivity contribution in [3.8, 4) is 16.9 Å². The number of phenolic OH excluding ortho intramolecular Hbond substituents is 1. The number of aromatic hydroxyl groups is 1. The molecule has 0 saturated carbocycles. The van der Waals surface area contributed by atoms with E-state index < -0.39 is 0 Å². The van der Waals surface area contributed by atoms with Crippen LogP contribution in [0.5, 0.6) is 5.75 Å². The second-order valence-electron chi connectivity index (χ2n) is 5.70. The lowest BCUT2D eigenvalue weighted by atomic mass is 9.96. The largest absolute Gasteiger partial charge is 0.507 e. The van der Waals surface area contributed by atoms with Gasteiger partial charge in [-0.15, -0.1) is 0 Å². The Morgan fingerprint density at radius 2 is 2.00 bits per heavy atom. The normalized spacial score (nSPS) is 17.0. The molecule has 0 aliphatic heterocycles. The van der Waals surface area contributed by atoms with Gasteiger partial charge in [-0.2, -0.15) is 0 Å². The zero-order chi connectivity index (χ0) is 15.0. The predicted octanol–water partition coefficient (Wildman–Crippen LogP) is 3.49. The Morgan fingerprint density at radius 3 is 2.76 bits per heavy atom.